The average molecular weight is 332 g/mol. The smallest absolute Gasteiger partial charge is 0.410 e. The van der Waals surface area contributed by atoms with Gasteiger partial charge in [-0.05, 0) is 37.3 Å². The van der Waals surface area contributed by atoms with Gasteiger partial charge in [-0.3, -0.25) is 4.79 Å². The maximum absolute atomic E-state index is 12.0. The van der Waals surface area contributed by atoms with E-state index < -0.39 is 6.09 Å². The molecule has 2 aliphatic rings. The lowest BCUT2D eigenvalue weighted by Crippen LogP contribution is -2.49. The highest BCUT2D eigenvalue weighted by Gasteiger charge is 2.24. The number of nitrogens with zero attached hydrogens (tertiary/aromatic N) is 3. The fraction of sp³-hybridized carbons (Fsp3) is 0.588. The number of aryl methyl sites for hydroxylation is 1. The normalized spacial score (nSPS) is 17.5. The van der Waals surface area contributed by atoms with Crippen molar-refractivity contribution in [2.75, 3.05) is 44.2 Å². The van der Waals surface area contributed by atoms with Crippen LogP contribution in [0.3, 0.4) is 0 Å². The topological polar surface area (TPSA) is 74.8 Å². The number of ether oxygens (including phenoxy) is 1. The summed E-state index contributed by atoms with van der Waals surface area (Å²) in [4.78, 5) is 31.8. The van der Waals surface area contributed by atoms with Gasteiger partial charge in [-0.15, -0.1) is 0 Å². The molecule has 3 rings (SSSR count). The molecule has 0 unspecified atom stereocenters. The second-order valence-electron chi connectivity index (χ2n) is 6.47. The Morgan fingerprint density at radius 2 is 2.00 bits per heavy atom. The molecule has 7 heteroatoms. The number of piperazine rings is 1. The predicted molar refractivity (Wildman–Crippen MR) is 89.8 cm³/mol. The highest BCUT2D eigenvalue weighted by Crippen LogP contribution is 2.27. The Balaban J connectivity index is 1.38. The Labute approximate surface area is 142 Å². The number of anilines is 1. The van der Waals surface area contributed by atoms with E-state index in [-0.39, 0.29) is 12.5 Å². The molecule has 0 aromatic carbocycles. The summed E-state index contributed by atoms with van der Waals surface area (Å²) in [5.41, 5.74) is 1.13. The summed E-state index contributed by atoms with van der Waals surface area (Å²) in [5.74, 6) is 1.32. The second kappa shape index (κ2) is 7.51. The molecule has 0 bridgehead atoms. The summed E-state index contributed by atoms with van der Waals surface area (Å²) in [6.07, 6.45) is 3.78. The molecular formula is C17H24N4O3. The Morgan fingerprint density at radius 1 is 1.25 bits per heavy atom. The van der Waals surface area contributed by atoms with Gasteiger partial charge in [0.05, 0.1) is 0 Å². The van der Waals surface area contributed by atoms with E-state index >= 15 is 0 Å². The van der Waals surface area contributed by atoms with Crippen molar-refractivity contribution in [3.8, 4) is 0 Å². The molecule has 1 aliphatic carbocycles. The number of hydrogen-bond acceptors (Lipinski definition) is 5. The van der Waals surface area contributed by atoms with Gasteiger partial charge in [-0.2, -0.15) is 0 Å². The van der Waals surface area contributed by atoms with Crippen molar-refractivity contribution in [2.24, 2.45) is 5.92 Å². The molecule has 1 N–H and O–H groups in total. The molecule has 0 spiro atoms. The Morgan fingerprint density at radius 3 is 2.62 bits per heavy atom. The summed E-state index contributed by atoms with van der Waals surface area (Å²) < 4.78 is 5.09. The number of rotatable bonds is 5. The van der Waals surface area contributed by atoms with Gasteiger partial charge in [-0.25, -0.2) is 9.78 Å². The SMILES string of the molecule is Cc1ccc(N2CCN(C(=O)OCC(=O)NCC3CC3)CC2)nc1. The summed E-state index contributed by atoms with van der Waals surface area (Å²) >= 11 is 0. The molecule has 24 heavy (non-hydrogen) atoms. The third kappa shape index (κ3) is 4.59. The predicted octanol–water partition coefficient (Wildman–Crippen LogP) is 1.17. The summed E-state index contributed by atoms with van der Waals surface area (Å²) in [5, 5.41) is 2.78. The lowest BCUT2D eigenvalue weighted by atomic mass is 10.3. The van der Waals surface area contributed by atoms with Crippen LogP contribution in [-0.4, -0.2) is 61.2 Å². The molecule has 0 atom stereocenters. The van der Waals surface area contributed by atoms with Gasteiger partial charge in [0.15, 0.2) is 6.61 Å². The van der Waals surface area contributed by atoms with Crippen LogP contribution in [0.1, 0.15) is 18.4 Å². The van der Waals surface area contributed by atoms with Gasteiger partial charge < -0.3 is 19.9 Å². The Bertz CT molecular complexity index is 578. The lowest BCUT2D eigenvalue weighted by molar-refractivity contribution is -0.124. The van der Waals surface area contributed by atoms with Crippen molar-refractivity contribution < 1.29 is 14.3 Å². The van der Waals surface area contributed by atoms with Crippen LogP contribution in [0.4, 0.5) is 10.6 Å². The number of pyridine rings is 1. The fourth-order valence-corrected chi connectivity index (χ4v) is 2.61. The van der Waals surface area contributed by atoms with Crippen molar-refractivity contribution >= 4 is 17.8 Å². The molecule has 1 saturated heterocycles. The molecular weight excluding hydrogens is 308 g/mol. The minimum atomic E-state index is -0.423. The van der Waals surface area contributed by atoms with Crippen molar-refractivity contribution in [1.29, 1.82) is 0 Å². The number of nitrogens with one attached hydrogen (secondary N) is 1. The highest BCUT2D eigenvalue weighted by molar-refractivity contribution is 5.80. The number of amides is 2. The van der Waals surface area contributed by atoms with E-state index in [1.165, 1.54) is 12.8 Å². The lowest BCUT2D eigenvalue weighted by Gasteiger charge is -2.34. The molecule has 2 heterocycles. The van der Waals surface area contributed by atoms with Crippen LogP contribution in [0.15, 0.2) is 18.3 Å². The minimum Gasteiger partial charge on any atom is -0.439 e. The van der Waals surface area contributed by atoms with Gasteiger partial charge >= 0.3 is 6.09 Å². The molecule has 1 aliphatic heterocycles. The number of aromatic nitrogens is 1. The zero-order chi connectivity index (χ0) is 16.9. The second-order valence-corrected chi connectivity index (χ2v) is 6.47. The first-order valence-corrected chi connectivity index (χ1v) is 8.48. The van der Waals surface area contributed by atoms with Gasteiger partial charge in [0.2, 0.25) is 0 Å². The van der Waals surface area contributed by atoms with Crippen LogP contribution in [-0.2, 0) is 9.53 Å². The van der Waals surface area contributed by atoms with E-state index in [1.54, 1.807) is 4.90 Å². The Hall–Kier alpha value is -2.31. The van der Waals surface area contributed by atoms with E-state index in [0.717, 1.165) is 11.4 Å². The van der Waals surface area contributed by atoms with Gasteiger partial charge in [0.1, 0.15) is 5.82 Å². The molecule has 130 valence electrons. The van der Waals surface area contributed by atoms with Crippen molar-refractivity contribution in [3.63, 3.8) is 0 Å². The molecule has 1 aromatic heterocycles. The first kappa shape index (κ1) is 16.5. The maximum atomic E-state index is 12.0. The van der Waals surface area contributed by atoms with Crippen LogP contribution in [0.25, 0.3) is 0 Å². The third-order valence-corrected chi connectivity index (χ3v) is 4.37. The van der Waals surface area contributed by atoms with E-state index in [1.807, 2.05) is 25.3 Å². The molecule has 1 aromatic rings. The first-order valence-electron chi connectivity index (χ1n) is 8.48. The van der Waals surface area contributed by atoms with E-state index in [9.17, 15) is 9.59 Å². The zero-order valence-corrected chi connectivity index (χ0v) is 14.0. The van der Waals surface area contributed by atoms with Crippen molar-refractivity contribution in [3.05, 3.63) is 23.9 Å². The van der Waals surface area contributed by atoms with Crippen molar-refractivity contribution in [1.82, 2.24) is 15.2 Å². The number of carbonyl (C=O) groups is 2. The molecule has 2 fully saturated rings. The monoisotopic (exact) mass is 332 g/mol. The minimum absolute atomic E-state index is 0.203. The van der Waals surface area contributed by atoms with Crippen LogP contribution in [0.5, 0.6) is 0 Å². The quantitative estimate of drug-likeness (QED) is 0.876. The van der Waals surface area contributed by atoms with Crippen LogP contribution < -0.4 is 10.2 Å². The standard InChI is InChI=1S/C17H24N4O3/c1-13-2-5-15(18-10-13)20-6-8-21(9-7-20)17(23)24-12-16(22)19-11-14-3-4-14/h2,5,10,14H,3-4,6-9,11-12H2,1H3,(H,19,22). The Kier molecular flexibility index (Phi) is 5.17. The molecule has 1 saturated carbocycles. The summed E-state index contributed by atoms with van der Waals surface area (Å²) in [7, 11) is 0. The first-order chi connectivity index (χ1) is 11.6. The van der Waals surface area contributed by atoms with E-state index in [0.29, 0.717) is 38.6 Å². The summed E-state index contributed by atoms with van der Waals surface area (Å²) in [6, 6.07) is 4.02. The molecule has 2 amide bonds. The van der Waals surface area contributed by atoms with E-state index in [4.69, 9.17) is 4.74 Å². The van der Waals surface area contributed by atoms with Crippen LogP contribution >= 0.6 is 0 Å². The highest BCUT2D eigenvalue weighted by atomic mass is 16.6. The zero-order valence-electron chi connectivity index (χ0n) is 14.0. The van der Waals surface area contributed by atoms with Gasteiger partial charge in [0, 0.05) is 38.9 Å². The molecule has 7 nitrogen and oxygen atoms in total. The van der Waals surface area contributed by atoms with E-state index in [2.05, 4.69) is 15.2 Å². The third-order valence-electron chi connectivity index (χ3n) is 4.37. The van der Waals surface area contributed by atoms with Crippen LogP contribution in [0.2, 0.25) is 0 Å². The number of hydrogen-bond donors (Lipinski definition) is 1. The molecule has 0 radical (unpaired) electrons. The average Bonchev–Trinajstić information content (AvgIpc) is 3.43. The van der Waals surface area contributed by atoms with Gasteiger partial charge in [0.25, 0.3) is 5.91 Å². The largest absolute Gasteiger partial charge is 0.439 e. The summed E-state index contributed by atoms with van der Waals surface area (Å²) in [6.45, 7) is 5.05. The maximum Gasteiger partial charge on any atom is 0.410 e. The van der Waals surface area contributed by atoms with Crippen molar-refractivity contribution in [2.45, 2.75) is 19.8 Å². The number of carbonyl (C=O) groups excluding carboxylic acids is 2. The van der Waals surface area contributed by atoms with Crippen LogP contribution in [0, 0.1) is 12.8 Å². The van der Waals surface area contributed by atoms with Gasteiger partial charge in [-0.1, -0.05) is 6.07 Å². The fourth-order valence-electron chi connectivity index (χ4n) is 2.61.